The third kappa shape index (κ3) is 1.87. The number of urea groups is 1. The van der Waals surface area contributed by atoms with E-state index in [1.807, 2.05) is 31.2 Å². The highest BCUT2D eigenvalue weighted by Gasteiger charge is 2.38. The smallest absolute Gasteiger partial charge is 0.319 e. The number of benzene rings is 1. The number of carbonyl (C=O) groups is 2. The summed E-state index contributed by atoms with van der Waals surface area (Å²) in [6, 6.07) is 7.23. The van der Waals surface area contributed by atoms with Crippen LogP contribution >= 0.6 is 0 Å². The van der Waals surface area contributed by atoms with Gasteiger partial charge in [-0.05, 0) is 12.5 Å². The van der Waals surface area contributed by atoms with Gasteiger partial charge in [0.05, 0.1) is 23.9 Å². The van der Waals surface area contributed by atoms with Gasteiger partial charge in [0.15, 0.2) is 0 Å². The predicted octanol–water partition coefficient (Wildman–Crippen LogP) is 1.08. The third-order valence-electron chi connectivity index (χ3n) is 3.54. The molecule has 1 aromatic rings. The van der Waals surface area contributed by atoms with E-state index in [0.717, 1.165) is 11.1 Å². The van der Waals surface area contributed by atoms with E-state index in [4.69, 9.17) is 0 Å². The average molecular weight is 257 g/mol. The Morgan fingerprint density at radius 3 is 2.58 bits per heavy atom. The molecule has 2 aliphatic rings. The van der Waals surface area contributed by atoms with Crippen molar-refractivity contribution in [1.82, 2.24) is 15.5 Å². The second-order valence-electron chi connectivity index (χ2n) is 5.00. The van der Waals surface area contributed by atoms with Gasteiger partial charge in [0.2, 0.25) is 0 Å². The Balaban J connectivity index is 2.04. The summed E-state index contributed by atoms with van der Waals surface area (Å²) >= 11 is 0. The molecule has 0 fully saturated rings. The maximum absolute atomic E-state index is 12.2. The Bertz CT molecular complexity index is 589. The summed E-state index contributed by atoms with van der Waals surface area (Å²) in [5.41, 5.74) is 3.43. The molecule has 0 aliphatic carbocycles. The molecule has 2 N–H and O–H groups in total. The normalized spacial score (nSPS) is 22.2. The quantitative estimate of drug-likeness (QED) is 0.790. The zero-order valence-corrected chi connectivity index (χ0v) is 10.9. The summed E-state index contributed by atoms with van der Waals surface area (Å²) in [5.74, 6) is -0.0342. The Hall–Kier alpha value is -2.30. The Kier molecular flexibility index (Phi) is 2.55. The molecule has 0 bridgehead atoms. The van der Waals surface area contributed by atoms with Crippen LogP contribution in [0.5, 0.6) is 0 Å². The van der Waals surface area contributed by atoms with Crippen LogP contribution in [0.2, 0.25) is 0 Å². The van der Waals surface area contributed by atoms with Crippen molar-refractivity contribution in [2.24, 2.45) is 0 Å². The molecule has 1 aromatic carbocycles. The van der Waals surface area contributed by atoms with E-state index in [1.165, 1.54) is 0 Å². The van der Waals surface area contributed by atoms with E-state index in [1.54, 1.807) is 11.9 Å². The van der Waals surface area contributed by atoms with Crippen molar-refractivity contribution in [3.63, 3.8) is 0 Å². The number of nitrogens with one attached hydrogen (secondary N) is 2. The highest BCUT2D eigenvalue weighted by molar-refractivity contribution is 6.01. The molecule has 1 atom stereocenters. The number of nitrogens with zero attached hydrogens (tertiary/aromatic N) is 1. The first-order chi connectivity index (χ1) is 9.06. The van der Waals surface area contributed by atoms with Gasteiger partial charge >= 0.3 is 6.03 Å². The molecule has 3 amide bonds. The van der Waals surface area contributed by atoms with Gasteiger partial charge in [-0.1, -0.05) is 29.8 Å². The van der Waals surface area contributed by atoms with Gasteiger partial charge in [0.25, 0.3) is 5.91 Å². The molecule has 2 aliphatic heterocycles. The zero-order valence-electron chi connectivity index (χ0n) is 10.9. The van der Waals surface area contributed by atoms with Crippen molar-refractivity contribution in [2.45, 2.75) is 13.0 Å². The molecular formula is C14H15N3O2. The van der Waals surface area contributed by atoms with Crippen molar-refractivity contribution < 1.29 is 9.59 Å². The molecular weight excluding hydrogens is 242 g/mol. The SMILES string of the molecule is Cc1ccc(C2NC(=O)NC3=C2C(=O)N(C)C3)cc1. The number of amides is 3. The first kappa shape index (κ1) is 11.8. The van der Waals surface area contributed by atoms with Crippen LogP contribution in [-0.4, -0.2) is 30.4 Å². The first-order valence-electron chi connectivity index (χ1n) is 6.19. The Morgan fingerprint density at radius 1 is 1.21 bits per heavy atom. The molecule has 5 nitrogen and oxygen atoms in total. The molecule has 1 unspecified atom stereocenters. The van der Waals surface area contributed by atoms with E-state index >= 15 is 0 Å². The van der Waals surface area contributed by atoms with Crippen molar-refractivity contribution in [1.29, 1.82) is 0 Å². The maximum Gasteiger partial charge on any atom is 0.319 e. The van der Waals surface area contributed by atoms with E-state index in [0.29, 0.717) is 17.8 Å². The fourth-order valence-electron chi connectivity index (χ4n) is 2.52. The second kappa shape index (κ2) is 4.12. The Labute approximate surface area is 111 Å². The standard InChI is InChI=1S/C14H15N3O2/c1-8-3-5-9(6-4-8)12-11-10(15-14(19)16-12)7-17(2)13(11)18/h3-6,12H,7H2,1-2H3,(H2,15,16,19). The summed E-state index contributed by atoms with van der Waals surface area (Å²) in [6.07, 6.45) is 0. The number of carbonyl (C=O) groups excluding carboxylic acids is 2. The van der Waals surface area contributed by atoms with Crippen LogP contribution in [0.25, 0.3) is 0 Å². The van der Waals surface area contributed by atoms with Crippen molar-refractivity contribution >= 4 is 11.9 Å². The summed E-state index contributed by atoms with van der Waals surface area (Å²) in [7, 11) is 1.74. The van der Waals surface area contributed by atoms with E-state index in [2.05, 4.69) is 10.6 Å². The molecule has 98 valence electrons. The van der Waals surface area contributed by atoms with Crippen LogP contribution in [0.3, 0.4) is 0 Å². The maximum atomic E-state index is 12.2. The number of likely N-dealkylation sites (N-methyl/N-ethyl adjacent to an activating group) is 1. The number of hydrogen-bond donors (Lipinski definition) is 2. The lowest BCUT2D eigenvalue weighted by atomic mass is 9.95. The van der Waals surface area contributed by atoms with Gasteiger partial charge in [-0.3, -0.25) is 4.79 Å². The van der Waals surface area contributed by atoms with Gasteiger partial charge in [-0.2, -0.15) is 0 Å². The number of rotatable bonds is 1. The molecule has 3 rings (SSSR count). The van der Waals surface area contributed by atoms with Crippen LogP contribution < -0.4 is 10.6 Å². The predicted molar refractivity (Wildman–Crippen MR) is 70.3 cm³/mol. The van der Waals surface area contributed by atoms with Gasteiger partial charge in [0, 0.05) is 7.05 Å². The van der Waals surface area contributed by atoms with E-state index in [-0.39, 0.29) is 18.0 Å². The van der Waals surface area contributed by atoms with Crippen molar-refractivity contribution in [2.75, 3.05) is 13.6 Å². The van der Waals surface area contributed by atoms with Crippen LogP contribution in [0.1, 0.15) is 17.2 Å². The summed E-state index contributed by atoms with van der Waals surface area (Å²) < 4.78 is 0. The molecule has 0 radical (unpaired) electrons. The summed E-state index contributed by atoms with van der Waals surface area (Å²) in [6.45, 7) is 2.47. The van der Waals surface area contributed by atoms with E-state index in [9.17, 15) is 9.59 Å². The van der Waals surface area contributed by atoms with Gasteiger partial charge < -0.3 is 15.5 Å². The Morgan fingerprint density at radius 2 is 1.89 bits per heavy atom. The lowest BCUT2D eigenvalue weighted by Crippen LogP contribution is -2.44. The van der Waals surface area contributed by atoms with Crippen LogP contribution in [0.15, 0.2) is 35.5 Å². The molecule has 5 heteroatoms. The fourth-order valence-corrected chi connectivity index (χ4v) is 2.52. The largest absolute Gasteiger partial charge is 0.336 e. The van der Waals surface area contributed by atoms with Crippen LogP contribution in [-0.2, 0) is 4.79 Å². The van der Waals surface area contributed by atoms with E-state index < -0.39 is 0 Å². The molecule has 2 heterocycles. The van der Waals surface area contributed by atoms with Gasteiger partial charge in [-0.25, -0.2) is 4.79 Å². The van der Waals surface area contributed by atoms with Crippen LogP contribution in [0.4, 0.5) is 4.79 Å². The highest BCUT2D eigenvalue weighted by atomic mass is 16.2. The van der Waals surface area contributed by atoms with Crippen LogP contribution in [0, 0.1) is 6.92 Å². The molecule has 0 saturated carbocycles. The monoisotopic (exact) mass is 257 g/mol. The fraction of sp³-hybridized carbons (Fsp3) is 0.286. The molecule has 19 heavy (non-hydrogen) atoms. The van der Waals surface area contributed by atoms with Gasteiger partial charge in [-0.15, -0.1) is 0 Å². The zero-order chi connectivity index (χ0) is 13.6. The molecule has 0 saturated heterocycles. The lowest BCUT2D eigenvalue weighted by molar-refractivity contribution is -0.124. The first-order valence-corrected chi connectivity index (χ1v) is 6.19. The molecule has 0 spiro atoms. The topological polar surface area (TPSA) is 61.4 Å². The van der Waals surface area contributed by atoms with Crippen molar-refractivity contribution in [3.8, 4) is 0 Å². The second-order valence-corrected chi connectivity index (χ2v) is 5.00. The minimum Gasteiger partial charge on any atom is -0.336 e. The summed E-state index contributed by atoms with van der Waals surface area (Å²) in [4.78, 5) is 25.5. The number of aryl methyl sites for hydroxylation is 1. The third-order valence-corrected chi connectivity index (χ3v) is 3.54. The summed E-state index contributed by atoms with van der Waals surface area (Å²) in [5, 5.41) is 5.54. The average Bonchev–Trinajstić information content (AvgIpc) is 2.65. The van der Waals surface area contributed by atoms with Gasteiger partial charge in [0.1, 0.15) is 0 Å². The molecule has 0 aromatic heterocycles. The van der Waals surface area contributed by atoms with Crippen molar-refractivity contribution in [3.05, 3.63) is 46.7 Å². The minimum atomic E-state index is -0.359. The lowest BCUT2D eigenvalue weighted by Gasteiger charge is -2.25. The highest BCUT2D eigenvalue weighted by Crippen LogP contribution is 2.31. The minimum absolute atomic E-state index is 0.0342. The number of hydrogen-bond acceptors (Lipinski definition) is 2.